The van der Waals surface area contributed by atoms with E-state index in [0.29, 0.717) is 16.5 Å². The Bertz CT molecular complexity index is 1130. The van der Waals surface area contributed by atoms with Gasteiger partial charge in [0, 0.05) is 16.5 Å². The first-order valence-electron chi connectivity index (χ1n) is 10.6. The average Bonchev–Trinajstić information content (AvgIpc) is 2.82. The van der Waals surface area contributed by atoms with Gasteiger partial charge in [-0.1, -0.05) is 96.0 Å². The highest BCUT2D eigenvalue weighted by atomic mass is 35.5. The van der Waals surface area contributed by atoms with Crippen LogP contribution in [0.2, 0.25) is 10.0 Å². The van der Waals surface area contributed by atoms with Crippen LogP contribution in [0.15, 0.2) is 91.0 Å². The van der Waals surface area contributed by atoms with E-state index in [1.165, 1.54) is 6.08 Å². The topological polar surface area (TPSA) is 54.4 Å². The van der Waals surface area contributed by atoms with Crippen molar-refractivity contribution < 1.29 is 14.7 Å². The lowest BCUT2D eigenvalue weighted by atomic mass is 9.70. The molecule has 168 valence electrons. The Labute approximate surface area is 204 Å². The molecule has 0 aromatic heterocycles. The lowest BCUT2D eigenvalue weighted by Crippen LogP contribution is -2.35. The van der Waals surface area contributed by atoms with E-state index in [9.17, 15) is 14.7 Å². The molecular formula is C28H24Cl2O3. The number of rotatable bonds is 10. The van der Waals surface area contributed by atoms with Crippen molar-refractivity contribution in [3.8, 4) is 0 Å². The van der Waals surface area contributed by atoms with Gasteiger partial charge in [-0.05, 0) is 59.9 Å². The fraction of sp³-hybridized carbons (Fsp3) is 0.143. The number of carboxylic acid groups (broad SMARTS) is 1. The Morgan fingerprint density at radius 2 is 1.33 bits per heavy atom. The van der Waals surface area contributed by atoms with E-state index in [4.69, 9.17) is 23.2 Å². The number of carbonyl (C=O) groups is 2. The number of allylic oxidation sites excluding steroid dienone is 2. The standard InChI is InChI=1S/C28H24Cl2O3/c29-24-13-8-21(9-14-24)5-4-19-28(20-18-27(32)33,23-6-2-1-3-7-23)26(31)17-12-22-10-15-25(30)16-11-22/h1-17H,18-20H2,(H,32,33)/b5-4+,17-12+. The molecule has 0 radical (unpaired) electrons. The Morgan fingerprint density at radius 3 is 1.88 bits per heavy atom. The zero-order chi connectivity index (χ0) is 23.7. The normalized spacial score (nSPS) is 13.3. The molecule has 0 aliphatic heterocycles. The smallest absolute Gasteiger partial charge is 0.303 e. The number of carbonyl (C=O) groups excluding carboxylic acids is 1. The second-order valence-electron chi connectivity index (χ2n) is 7.75. The van der Waals surface area contributed by atoms with Gasteiger partial charge in [0.25, 0.3) is 0 Å². The molecule has 33 heavy (non-hydrogen) atoms. The van der Waals surface area contributed by atoms with Crippen molar-refractivity contribution in [3.63, 3.8) is 0 Å². The molecule has 0 bridgehead atoms. The van der Waals surface area contributed by atoms with Gasteiger partial charge in [0.15, 0.2) is 5.78 Å². The third-order valence-electron chi connectivity index (χ3n) is 5.51. The molecule has 0 saturated carbocycles. The van der Waals surface area contributed by atoms with Crippen molar-refractivity contribution >= 4 is 47.1 Å². The highest BCUT2D eigenvalue weighted by molar-refractivity contribution is 6.30. The number of hydrogen-bond donors (Lipinski definition) is 1. The lowest BCUT2D eigenvalue weighted by molar-refractivity contribution is -0.137. The zero-order valence-corrected chi connectivity index (χ0v) is 19.5. The molecule has 1 atom stereocenters. The summed E-state index contributed by atoms with van der Waals surface area (Å²) < 4.78 is 0. The van der Waals surface area contributed by atoms with Crippen LogP contribution in [0.1, 0.15) is 36.0 Å². The molecule has 3 nitrogen and oxygen atoms in total. The third-order valence-corrected chi connectivity index (χ3v) is 6.01. The summed E-state index contributed by atoms with van der Waals surface area (Å²) in [7, 11) is 0. The molecule has 0 spiro atoms. The van der Waals surface area contributed by atoms with E-state index in [-0.39, 0.29) is 18.6 Å². The van der Waals surface area contributed by atoms with Crippen LogP contribution < -0.4 is 0 Å². The number of aliphatic carboxylic acids is 1. The molecule has 1 N–H and O–H groups in total. The molecule has 3 aromatic carbocycles. The highest BCUT2D eigenvalue weighted by Gasteiger charge is 2.37. The number of benzene rings is 3. The Morgan fingerprint density at radius 1 is 0.788 bits per heavy atom. The summed E-state index contributed by atoms with van der Waals surface area (Å²) in [6, 6.07) is 23.9. The number of carboxylic acids is 1. The van der Waals surface area contributed by atoms with Crippen molar-refractivity contribution in [2.75, 3.05) is 0 Å². The minimum Gasteiger partial charge on any atom is -0.481 e. The quantitative estimate of drug-likeness (QED) is 0.307. The third kappa shape index (κ3) is 6.92. The van der Waals surface area contributed by atoms with Crippen molar-refractivity contribution in [1.29, 1.82) is 0 Å². The maximum atomic E-state index is 13.6. The molecule has 3 aromatic rings. The lowest BCUT2D eigenvalue weighted by Gasteiger charge is -2.31. The monoisotopic (exact) mass is 478 g/mol. The first-order valence-corrected chi connectivity index (χ1v) is 11.3. The van der Waals surface area contributed by atoms with E-state index in [0.717, 1.165) is 16.7 Å². The Hall–Kier alpha value is -3.14. The summed E-state index contributed by atoms with van der Waals surface area (Å²) in [6.07, 6.45) is 7.54. The first-order chi connectivity index (χ1) is 15.9. The molecule has 0 amide bonds. The fourth-order valence-corrected chi connectivity index (χ4v) is 3.94. The number of ketones is 1. The van der Waals surface area contributed by atoms with E-state index in [1.54, 1.807) is 30.3 Å². The summed E-state index contributed by atoms with van der Waals surface area (Å²) in [4.78, 5) is 25.1. The summed E-state index contributed by atoms with van der Waals surface area (Å²) in [5.74, 6) is -1.09. The number of hydrogen-bond acceptors (Lipinski definition) is 2. The first kappa shape index (κ1) is 24.5. The van der Waals surface area contributed by atoms with Crippen LogP contribution in [0, 0.1) is 0 Å². The van der Waals surface area contributed by atoms with E-state index in [2.05, 4.69) is 0 Å². The second-order valence-corrected chi connectivity index (χ2v) is 8.62. The van der Waals surface area contributed by atoms with Crippen LogP contribution >= 0.6 is 23.2 Å². The molecule has 1 unspecified atom stereocenters. The molecule has 0 saturated heterocycles. The molecule has 0 aliphatic carbocycles. The summed E-state index contributed by atoms with van der Waals surface area (Å²) in [6.45, 7) is 0. The molecule has 0 heterocycles. The van der Waals surface area contributed by atoms with Gasteiger partial charge < -0.3 is 5.11 Å². The highest BCUT2D eigenvalue weighted by Crippen LogP contribution is 2.36. The van der Waals surface area contributed by atoms with E-state index in [1.807, 2.05) is 66.7 Å². The average molecular weight is 479 g/mol. The van der Waals surface area contributed by atoms with Gasteiger partial charge in [0.1, 0.15) is 0 Å². The predicted molar refractivity (Wildman–Crippen MR) is 136 cm³/mol. The van der Waals surface area contributed by atoms with Crippen LogP contribution in [0.5, 0.6) is 0 Å². The minimum absolute atomic E-state index is 0.121. The van der Waals surface area contributed by atoms with Gasteiger partial charge in [0.05, 0.1) is 5.41 Å². The Kier molecular flexibility index (Phi) is 8.65. The minimum atomic E-state index is -1.01. The largest absolute Gasteiger partial charge is 0.481 e. The van der Waals surface area contributed by atoms with Gasteiger partial charge >= 0.3 is 5.97 Å². The molecule has 5 heteroatoms. The zero-order valence-electron chi connectivity index (χ0n) is 18.0. The van der Waals surface area contributed by atoms with Crippen molar-refractivity contribution in [1.82, 2.24) is 0 Å². The summed E-state index contributed by atoms with van der Waals surface area (Å²) in [5.41, 5.74) is 1.57. The van der Waals surface area contributed by atoms with E-state index >= 15 is 0 Å². The van der Waals surface area contributed by atoms with Gasteiger partial charge in [-0.15, -0.1) is 0 Å². The number of halogens is 2. The predicted octanol–water partition coefficient (Wildman–Crippen LogP) is 7.48. The molecule has 0 aliphatic rings. The van der Waals surface area contributed by atoms with Crippen molar-refractivity contribution in [3.05, 3.63) is 118 Å². The van der Waals surface area contributed by atoms with Gasteiger partial charge in [-0.2, -0.15) is 0 Å². The summed E-state index contributed by atoms with van der Waals surface area (Å²) in [5, 5.41) is 10.7. The maximum absolute atomic E-state index is 13.6. The van der Waals surface area contributed by atoms with Crippen LogP contribution in [0.25, 0.3) is 12.2 Å². The van der Waals surface area contributed by atoms with Crippen LogP contribution in [-0.4, -0.2) is 16.9 Å². The second kappa shape index (κ2) is 11.6. The van der Waals surface area contributed by atoms with Crippen molar-refractivity contribution in [2.24, 2.45) is 0 Å². The van der Waals surface area contributed by atoms with Crippen LogP contribution in [-0.2, 0) is 15.0 Å². The summed E-state index contributed by atoms with van der Waals surface area (Å²) >= 11 is 11.9. The van der Waals surface area contributed by atoms with E-state index < -0.39 is 11.4 Å². The Balaban J connectivity index is 1.97. The van der Waals surface area contributed by atoms with Crippen LogP contribution in [0.3, 0.4) is 0 Å². The molecule has 3 rings (SSSR count). The van der Waals surface area contributed by atoms with Crippen molar-refractivity contribution in [2.45, 2.75) is 24.7 Å². The molecular weight excluding hydrogens is 455 g/mol. The molecule has 0 fully saturated rings. The van der Waals surface area contributed by atoms with Gasteiger partial charge in [-0.25, -0.2) is 0 Å². The maximum Gasteiger partial charge on any atom is 0.303 e. The van der Waals surface area contributed by atoms with Gasteiger partial charge in [0.2, 0.25) is 0 Å². The van der Waals surface area contributed by atoms with Gasteiger partial charge in [-0.3, -0.25) is 9.59 Å². The fourth-order valence-electron chi connectivity index (χ4n) is 3.68. The van der Waals surface area contributed by atoms with Crippen LogP contribution in [0.4, 0.5) is 0 Å². The SMILES string of the molecule is O=C(O)CCC(C/C=C/c1ccc(Cl)cc1)(C(=O)/C=C/c1ccc(Cl)cc1)c1ccccc1.